The molecule has 2 N–H and O–H groups in total. The predicted octanol–water partition coefficient (Wildman–Crippen LogP) is -1.18. The zero-order valence-electron chi connectivity index (χ0n) is 16.9. The van der Waals surface area contributed by atoms with Gasteiger partial charge >= 0.3 is 0 Å². The Hall–Kier alpha value is -0.990. The average Bonchev–Trinajstić information content (AvgIpc) is 2.62. The van der Waals surface area contributed by atoms with E-state index in [1.165, 1.54) is 11.4 Å². The Morgan fingerprint density at radius 2 is 1.78 bits per heavy atom. The molecule has 1 aromatic rings. The number of ether oxygens (including phenoxy) is 1. The minimum absolute atomic E-state index is 0.294. The van der Waals surface area contributed by atoms with E-state index in [0.717, 1.165) is 44.9 Å². The summed E-state index contributed by atoms with van der Waals surface area (Å²) in [5.74, 6) is 0.710. The van der Waals surface area contributed by atoms with Crippen molar-refractivity contribution in [3.63, 3.8) is 0 Å². The Kier molecular flexibility index (Phi) is 6.92. The monoisotopic (exact) mass is 397 g/mol. The van der Waals surface area contributed by atoms with Gasteiger partial charge in [-0.05, 0) is 19.1 Å². The first-order valence-electron chi connectivity index (χ1n) is 10.2. The van der Waals surface area contributed by atoms with Crippen molar-refractivity contribution in [3.8, 4) is 0 Å². The van der Waals surface area contributed by atoms with E-state index in [9.17, 15) is 8.42 Å². The van der Waals surface area contributed by atoms with Crippen molar-refractivity contribution in [1.29, 1.82) is 0 Å². The summed E-state index contributed by atoms with van der Waals surface area (Å²) < 4.78 is 33.3. The van der Waals surface area contributed by atoms with Gasteiger partial charge in [0.05, 0.1) is 44.2 Å². The highest BCUT2D eigenvalue weighted by Crippen LogP contribution is 2.16. The van der Waals surface area contributed by atoms with Crippen LogP contribution in [0.3, 0.4) is 0 Å². The van der Waals surface area contributed by atoms with Crippen LogP contribution in [0.1, 0.15) is 19.4 Å². The number of hydrogen-bond acceptors (Lipinski definition) is 3. The van der Waals surface area contributed by atoms with E-state index in [-0.39, 0.29) is 0 Å². The van der Waals surface area contributed by atoms with Gasteiger partial charge in [0.2, 0.25) is 10.0 Å². The Morgan fingerprint density at radius 1 is 1.11 bits per heavy atom. The first kappa shape index (κ1) is 20.7. The van der Waals surface area contributed by atoms with Crippen LogP contribution in [-0.4, -0.2) is 77.8 Å². The van der Waals surface area contributed by atoms with Crippen molar-refractivity contribution < 1.29 is 23.0 Å². The Balaban J connectivity index is 1.50. The SMILES string of the molecule is Cc1ccc(S(=O)(=O)N2CC[NH+](C[C@H]3C[NH+](CC(C)C)CCO3)CC2)cc1. The minimum Gasteiger partial charge on any atom is -0.361 e. The van der Waals surface area contributed by atoms with E-state index >= 15 is 0 Å². The van der Waals surface area contributed by atoms with Gasteiger partial charge in [-0.2, -0.15) is 4.31 Å². The fourth-order valence-corrected chi connectivity index (χ4v) is 5.62. The Bertz CT molecular complexity index is 698. The van der Waals surface area contributed by atoms with Gasteiger partial charge in [-0.3, -0.25) is 0 Å². The number of nitrogens with one attached hydrogen (secondary N) is 2. The van der Waals surface area contributed by atoms with Crippen LogP contribution in [-0.2, 0) is 14.8 Å². The maximum absolute atomic E-state index is 12.8. The molecule has 2 heterocycles. The summed E-state index contributed by atoms with van der Waals surface area (Å²) in [6.45, 7) is 14.6. The van der Waals surface area contributed by atoms with Crippen LogP contribution in [0.25, 0.3) is 0 Å². The summed E-state index contributed by atoms with van der Waals surface area (Å²) in [5.41, 5.74) is 1.07. The maximum Gasteiger partial charge on any atom is 0.243 e. The average molecular weight is 398 g/mol. The van der Waals surface area contributed by atoms with E-state index in [2.05, 4.69) is 13.8 Å². The molecular formula is C20H35N3O3S+2. The zero-order valence-corrected chi connectivity index (χ0v) is 17.7. The van der Waals surface area contributed by atoms with E-state index < -0.39 is 10.0 Å². The molecule has 0 spiro atoms. The highest BCUT2D eigenvalue weighted by molar-refractivity contribution is 7.89. The van der Waals surface area contributed by atoms with Crippen LogP contribution >= 0.6 is 0 Å². The molecule has 2 aliphatic rings. The predicted molar refractivity (Wildman–Crippen MR) is 106 cm³/mol. The number of piperazine rings is 1. The maximum atomic E-state index is 12.8. The van der Waals surface area contributed by atoms with Crippen LogP contribution in [0.4, 0.5) is 0 Å². The number of quaternary nitrogens is 2. The van der Waals surface area contributed by atoms with Gasteiger partial charge in [0.15, 0.2) is 6.10 Å². The molecule has 27 heavy (non-hydrogen) atoms. The standard InChI is InChI=1S/C20H33N3O3S/c1-17(2)14-22-12-13-26-19(16-22)15-21-8-10-23(11-9-21)27(24,25)20-6-4-18(3)5-7-20/h4-7,17,19H,8-16H2,1-3H3/p+2/t19-/m0/s1. The van der Waals surface area contributed by atoms with Crippen LogP contribution in [0.2, 0.25) is 0 Å². The molecule has 0 aromatic heterocycles. The van der Waals surface area contributed by atoms with Gasteiger partial charge in [0.1, 0.15) is 19.6 Å². The molecule has 0 radical (unpaired) electrons. The number of rotatable bonds is 6. The minimum atomic E-state index is -3.37. The molecule has 2 saturated heterocycles. The Morgan fingerprint density at radius 3 is 2.41 bits per heavy atom. The van der Waals surface area contributed by atoms with E-state index in [0.29, 0.717) is 30.0 Å². The van der Waals surface area contributed by atoms with E-state index in [4.69, 9.17) is 4.74 Å². The summed E-state index contributed by atoms with van der Waals surface area (Å²) in [6, 6.07) is 7.15. The van der Waals surface area contributed by atoms with Crippen molar-refractivity contribution in [1.82, 2.24) is 4.31 Å². The van der Waals surface area contributed by atoms with Crippen molar-refractivity contribution in [3.05, 3.63) is 29.8 Å². The largest absolute Gasteiger partial charge is 0.361 e. The topological polar surface area (TPSA) is 55.5 Å². The van der Waals surface area contributed by atoms with Gasteiger partial charge in [0.25, 0.3) is 0 Å². The summed E-state index contributed by atoms with van der Waals surface area (Å²) in [6.07, 6.45) is 0.294. The van der Waals surface area contributed by atoms with Crippen LogP contribution in [0.15, 0.2) is 29.2 Å². The summed E-state index contributed by atoms with van der Waals surface area (Å²) >= 11 is 0. The van der Waals surface area contributed by atoms with Crippen LogP contribution in [0.5, 0.6) is 0 Å². The van der Waals surface area contributed by atoms with E-state index in [1.807, 2.05) is 19.1 Å². The lowest BCUT2D eigenvalue weighted by molar-refractivity contribution is -0.935. The van der Waals surface area contributed by atoms with Crippen LogP contribution < -0.4 is 9.80 Å². The van der Waals surface area contributed by atoms with Crippen molar-refractivity contribution >= 4 is 10.0 Å². The van der Waals surface area contributed by atoms with Gasteiger partial charge in [-0.25, -0.2) is 8.42 Å². The normalized spacial score (nSPS) is 25.8. The highest BCUT2D eigenvalue weighted by atomic mass is 32.2. The van der Waals surface area contributed by atoms with Gasteiger partial charge in [-0.1, -0.05) is 31.5 Å². The first-order valence-corrected chi connectivity index (χ1v) is 11.6. The summed E-state index contributed by atoms with van der Waals surface area (Å²) in [4.78, 5) is 3.50. The Labute approximate surface area is 164 Å². The molecule has 2 fully saturated rings. The second kappa shape index (κ2) is 9.01. The van der Waals surface area contributed by atoms with Crippen LogP contribution in [0, 0.1) is 12.8 Å². The fourth-order valence-electron chi connectivity index (χ4n) is 4.17. The third kappa shape index (κ3) is 5.51. The molecule has 1 aromatic carbocycles. The lowest BCUT2D eigenvalue weighted by Crippen LogP contribution is -3.19. The molecule has 2 aliphatic heterocycles. The zero-order chi connectivity index (χ0) is 19.4. The molecule has 0 bridgehead atoms. The summed E-state index contributed by atoms with van der Waals surface area (Å²) in [5, 5.41) is 0. The highest BCUT2D eigenvalue weighted by Gasteiger charge is 2.33. The third-order valence-corrected chi connectivity index (χ3v) is 7.54. The molecule has 7 heteroatoms. The lowest BCUT2D eigenvalue weighted by Gasteiger charge is -2.36. The third-order valence-electron chi connectivity index (χ3n) is 5.63. The number of benzene rings is 1. The molecule has 6 nitrogen and oxygen atoms in total. The summed E-state index contributed by atoms with van der Waals surface area (Å²) in [7, 11) is -3.37. The van der Waals surface area contributed by atoms with E-state index in [1.54, 1.807) is 21.3 Å². The molecule has 0 amide bonds. The number of sulfonamides is 1. The molecule has 0 saturated carbocycles. The van der Waals surface area contributed by atoms with Crippen molar-refractivity contribution in [2.24, 2.45) is 5.92 Å². The smallest absolute Gasteiger partial charge is 0.243 e. The quantitative estimate of drug-likeness (QED) is 0.636. The second-order valence-electron chi connectivity index (χ2n) is 8.47. The molecule has 2 atom stereocenters. The number of nitrogens with zero attached hydrogens (tertiary/aromatic N) is 1. The fraction of sp³-hybridized carbons (Fsp3) is 0.700. The molecule has 1 unspecified atom stereocenters. The molecule has 152 valence electrons. The lowest BCUT2D eigenvalue weighted by atomic mass is 10.1. The van der Waals surface area contributed by atoms with Gasteiger partial charge in [0, 0.05) is 5.92 Å². The number of morpholine rings is 1. The van der Waals surface area contributed by atoms with Crippen molar-refractivity contribution in [2.45, 2.75) is 31.8 Å². The van der Waals surface area contributed by atoms with Crippen molar-refractivity contribution in [2.75, 3.05) is 59.0 Å². The number of aryl methyl sites for hydroxylation is 1. The van der Waals surface area contributed by atoms with Gasteiger partial charge < -0.3 is 14.5 Å². The van der Waals surface area contributed by atoms with Gasteiger partial charge in [-0.15, -0.1) is 0 Å². The molecule has 0 aliphatic carbocycles. The molecule has 3 rings (SSSR count). The first-order chi connectivity index (χ1) is 12.8. The number of hydrogen-bond donors (Lipinski definition) is 2. The molecular weight excluding hydrogens is 362 g/mol. The second-order valence-corrected chi connectivity index (χ2v) is 10.4.